The second-order valence-electron chi connectivity index (χ2n) is 5.83. The highest BCUT2D eigenvalue weighted by atomic mass is 32.1. The summed E-state index contributed by atoms with van der Waals surface area (Å²) >= 11 is 1.53. The molecule has 1 aliphatic rings. The van der Waals surface area contributed by atoms with Gasteiger partial charge in [-0.15, -0.1) is 11.3 Å². The molecule has 0 bridgehead atoms. The lowest BCUT2D eigenvalue weighted by atomic mass is 9.90. The SMILES string of the molecule is CC1CCc2sc(C(=O)N(CC(=O)O)C(C)C)cc2C1. The molecule has 0 spiro atoms. The normalized spacial score (nSPS) is 17.9. The van der Waals surface area contributed by atoms with Crippen LogP contribution in [0.5, 0.6) is 0 Å². The van der Waals surface area contributed by atoms with Gasteiger partial charge in [0.2, 0.25) is 0 Å². The van der Waals surface area contributed by atoms with E-state index in [4.69, 9.17) is 5.11 Å². The van der Waals surface area contributed by atoms with Gasteiger partial charge in [0.25, 0.3) is 5.91 Å². The quantitative estimate of drug-likeness (QED) is 0.929. The molecule has 1 heterocycles. The third kappa shape index (κ3) is 3.20. The molecule has 1 aliphatic carbocycles. The molecule has 2 rings (SSSR count). The summed E-state index contributed by atoms with van der Waals surface area (Å²) < 4.78 is 0. The summed E-state index contributed by atoms with van der Waals surface area (Å²) in [6, 6.07) is 1.85. The lowest BCUT2D eigenvalue weighted by Crippen LogP contribution is -2.40. The van der Waals surface area contributed by atoms with Crippen LogP contribution >= 0.6 is 11.3 Å². The number of aryl methyl sites for hydroxylation is 1. The molecule has 0 aromatic carbocycles. The van der Waals surface area contributed by atoms with Crippen molar-refractivity contribution in [3.63, 3.8) is 0 Å². The summed E-state index contributed by atoms with van der Waals surface area (Å²) in [4.78, 5) is 26.8. The van der Waals surface area contributed by atoms with E-state index in [2.05, 4.69) is 6.92 Å². The van der Waals surface area contributed by atoms with Gasteiger partial charge < -0.3 is 10.0 Å². The zero-order valence-corrected chi connectivity index (χ0v) is 13.0. The number of rotatable bonds is 4. The standard InChI is InChI=1S/C15H21NO3S/c1-9(2)16(8-14(17)18)15(19)13-7-11-6-10(3)4-5-12(11)20-13/h7,9-10H,4-6,8H2,1-3H3,(H,17,18). The van der Waals surface area contributed by atoms with Crippen molar-refractivity contribution in [3.05, 3.63) is 21.4 Å². The van der Waals surface area contributed by atoms with Gasteiger partial charge in [-0.05, 0) is 50.7 Å². The predicted molar refractivity (Wildman–Crippen MR) is 79.3 cm³/mol. The maximum Gasteiger partial charge on any atom is 0.323 e. The molecular weight excluding hydrogens is 274 g/mol. The molecule has 1 atom stereocenters. The number of nitrogens with zero attached hydrogens (tertiary/aromatic N) is 1. The minimum absolute atomic E-state index is 0.114. The molecule has 0 radical (unpaired) electrons. The summed E-state index contributed by atoms with van der Waals surface area (Å²) in [5, 5.41) is 8.93. The van der Waals surface area contributed by atoms with E-state index < -0.39 is 5.97 Å². The molecule has 110 valence electrons. The van der Waals surface area contributed by atoms with Gasteiger partial charge in [-0.3, -0.25) is 9.59 Å². The average molecular weight is 295 g/mol. The average Bonchev–Trinajstić information content (AvgIpc) is 2.77. The van der Waals surface area contributed by atoms with Crippen molar-refractivity contribution in [1.29, 1.82) is 0 Å². The Morgan fingerprint density at radius 1 is 1.50 bits per heavy atom. The van der Waals surface area contributed by atoms with Crippen LogP contribution < -0.4 is 0 Å². The Labute approximate surface area is 123 Å². The van der Waals surface area contributed by atoms with Crippen LogP contribution in [0.1, 0.15) is 47.3 Å². The maximum absolute atomic E-state index is 12.5. The monoisotopic (exact) mass is 295 g/mol. The highest BCUT2D eigenvalue weighted by molar-refractivity contribution is 7.14. The fourth-order valence-corrected chi connectivity index (χ4v) is 3.75. The highest BCUT2D eigenvalue weighted by Crippen LogP contribution is 2.32. The fraction of sp³-hybridized carbons (Fsp3) is 0.600. The Kier molecular flexibility index (Phi) is 4.48. The molecule has 4 nitrogen and oxygen atoms in total. The van der Waals surface area contributed by atoms with E-state index in [1.165, 1.54) is 33.1 Å². The number of carboxylic acids is 1. The van der Waals surface area contributed by atoms with Crippen LogP contribution in [0, 0.1) is 5.92 Å². The van der Waals surface area contributed by atoms with Crippen molar-refractivity contribution in [2.75, 3.05) is 6.54 Å². The van der Waals surface area contributed by atoms with Gasteiger partial charge in [-0.25, -0.2) is 0 Å². The number of carbonyl (C=O) groups excluding carboxylic acids is 1. The smallest absolute Gasteiger partial charge is 0.323 e. The first kappa shape index (κ1) is 15.0. The first-order valence-electron chi connectivity index (χ1n) is 7.02. The van der Waals surface area contributed by atoms with E-state index in [9.17, 15) is 9.59 Å². The van der Waals surface area contributed by atoms with Gasteiger partial charge >= 0.3 is 5.97 Å². The molecule has 0 aliphatic heterocycles. The minimum atomic E-state index is -0.970. The molecule has 0 saturated carbocycles. The highest BCUT2D eigenvalue weighted by Gasteiger charge is 2.26. The molecule has 0 fully saturated rings. The molecule has 1 amide bonds. The second-order valence-corrected chi connectivity index (χ2v) is 6.96. The van der Waals surface area contributed by atoms with Gasteiger partial charge in [0, 0.05) is 10.9 Å². The third-order valence-corrected chi connectivity index (χ3v) is 4.95. The molecular formula is C15H21NO3S. The number of fused-ring (bicyclic) bond motifs is 1. The van der Waals surface area contributed by atoms with Crippen LogP contribution in [-0.2, 0) is 17.6 Å². The van der Waals surface area contributed by atoms with Crippen molar-refractivity contribution >= 4 is 23.2 Å². The minimum Gasteiger partial charge on any atom is -0.480 e. The van der Waals surface area contributed by atoms with Crippen LogP contribution in [-0.4, -0.2) is 34.5 Å². The predicted octanol–water partition coefficient (Wildman–Crippen LogP) is 2.81. The third-order valence-electron chi connectivity index (χ3n) is 3.73. The number of carboxylic acid groups (broad SMARTS) is 1. The van der Waals surface area contributed by atoms with Crippen molar-refractivity contribution in [1.82, 2.24) is 4.90 Å². The van der Waals surface area contributed by atoms with E-state index >= 15 is 0 Å². The summed E-state index contributed by atoms with van der Waals surface area (Å²) in [6.07, 6.45) is 3.24. The van der Waals surface area contributed by atoms with E-state index in [1.54, 1.807) is 0 Å². The number of carbonyl (C=O) groups is 2. The summed E-state index contributed by atoms with van der Waals surface area (Å²) in [7, 11) is 0. The summed E-state index contributed by atoms with van der Waals surface area (Å²) in [6.45, 7) is 5.68. The second kappa shape index (κ2) is 5.95. The zero-order valence-electron chi connectivity index (χ0n) is 12.2. The summed E-state index contributed by atoms with van der Waals surface area (Å²) in [5.41, 5.74) is 1.27. The molecule has 1 N–H and O–H groups in total. The Bertz CT molecular complexity index is 521. The Hall–Kier alpha value is -1.36. The number of hydrogen-bond donors (Lipinski definition) is 1. The zero-order chi connectivity index (χ0) is 14.9. The van der Waals surface area contributed by atoms with E-state index in [1.807, 2.05) is 19.9 Å². The molecule has 20 heavy (non-hydrogen) atoms. The van der Waals surface area contributed by atoms with Crippen molar-refractivity contribution < 1.29 is 14.7 Å². The Morgan fingerprint density at radius 2 is 2.20 bits per heavy atom. The summed E-state index contributed by atoms with van der Waals surface area (Å²) in [5.74, 6) is -0.461. The Balaban J connectivity index is 2.21. The van der Waals surface area contributed by atoms with Gasteiger partial charge in [0.15, 0.2) is 0 Å². The van der Waals surface area contributed by atoms with E-state index in [0.29, 0.717) is 10.8 Å². The van der Waals surface area contributed by atoms with Gasteiger partial charge in [0.1, 0.15) is 6.54 Å². The van der Waals surface area contributed by atoms with Crippen LogP contribution in [0.2, 0.25) is 0 Å². The number of thiophene rings is 1. The number of hydrogen-bond acceptors (Lipinski definition) is 3. The van der Waals surface area contributed by atoms with Crippen LogP contribution in [0.15, 0.2) is 6.07 Å². The molecule has 0 saturated heterocycles. The van der Waals surface area contributed by atoms with Crippen molar-refractivity contribution in [2.45, 2.75) is 46.1 Å². The molecule has 1 unspecified atom stereocenters. The maximum atomic E-state index is 12.5. The number of aliphatic carboxylic acids is 1. The lowest BCUT2D eigenvalue weighted by Gasteiger charge is -2.24. The van der Waals surface area contributed by atoms with Crippen LogP contribution in [0.25, 0.3) is 0 Å². The first-order valence-corrected chi connectivity index (χ1v) is 7.84. The van der Waals surface area contributed by atoms with Crippen LogP contribution in [0.4, 0.5) is 0 Å². The Morgan fingerprint density at radius 3 is 2.80 bits per heavy atom. The van der Waals surface area contributed by atoms with Crippen molar-refractivity contribution in [2.24, 2.45) is 5.92 Å². The van der Waals surface area contributed by atoms with Gasteiger partial charge in [-0.1, -0.05) is 6.92 Å². The van der Waals surface area contributed by atoms with Crippen molar-refractivity contribution in [3.8, 4) is 0 Å². The van der Waals surface area contributed by atoms with Gasteiger partial charge in [0.05, 0.1) is 4.88 Å². The molecule has 1 aromatic rings. The van der Waals surface area contributed by atoms with Gasteiger partial charge in [-0.2, -0.15) is 0 Å². The molecule has 1 aromatic heterocycles. The topological polar surface area (TPSA) is 57.6 Å². The molecule has 5 heteroatoms. The van der Waals surface area contributed by atoms with Crippen LogP contribution in [0.3, 0.4) is 0 Å². The fourth-order valence-electron chi connectivity index (χ4n) is 2.59. The largest absolute Gasteiger partial charge is 0.480 e. The lowest BCUT2D eigenvalue weighted by molar-refractivity contribution is -0.138. The first-order chi connectivity index (χ1) is 9.38. The van der Waals surface area contributed by atoms with E-state index in [0.717, 1.165) is 12.8 Å². The number of amides is 1. The van der Waals surface area contributed by atoms with E-state index in [-0.39, 0.29) is 18.5 Å².